The summed E-state index contributed by atoms with van der Waals surface area (Å²) in [4.78, 5) is 7.12. The molecule has 1 saturated heterocycles. The minimum atomic E-state index is 0.338. The van der Waals surface area contributed by atoms with E-state index < -0.39 is 0 Å². The molecule has 3 nitrogen and oxygen atoms in total. The van der Waals surface area contributed by atoms with Crippen LogP contribution >= 0.6 is 0 Å². The van der Waals surface area contributed by atoms with Crippen molar-refractivity contribution in [3.63, 3.8) is 0 Å². The van der Waals surface area contributed by atoms with Gasteiger partial charge < -0.3 is 4.74 Å². The van der Waals surface area contributed by atoms with Crippen LogP contribution in [0.4, 0.5) is 0 Å². The fourth-order valence-electron chi connectivity index (χ4n) is 4.28. The van der Waals surface area contributed by atoms with Gasteiger partial charge in [-0.25, -0.2) is 0 Å². The summed E-state index contributed by atoms with van der Waals surface area (Å²) >= 11 is 0. The molecule has 2 atom stereocenters. The van der Waals surface area contributed by atoms with Gasteiger partial charge in [0, 0.05) is 24.2 Å². The number of hydrogen-bond donors (Lipinski definition) is 0. The van der Waals surface area contributed by atoms with Crippen LogP contribution in [0.3, 0.4) is 0 Å². The lowest BCUT2D eigenvalue weighted by Gasteiger charge is -2.45. The van der Waals surface area contributed by atoms with E-state index in [0.29, 0.717) is 12.1 Å². The Labute approximate surface area is 153 Å². The van der Waals surface area contributed by atoms with E-state index in [0.717, 1.165) is 31.7 Å². The lowest BCUT2D eigenvalue weighted by atomic mass is 9.88. The summed E-state index contributed by atoms with van der Waals surface area (Å²) < 4.78 is 5.88. The third-order valence-corrected chi connectivity index (χ3v) is 5.55. The third-order valence-electron chi connectivity index (χ3n) is 5.55. The van der Waals surface area contributed by atoms with Crippen LogP contribution in [0.15, 0.2) is 72.9 Å². The zero-order valence-electron chi connectivity index (χ0n) is 14.7. The number of morpholine rings is 1. The molecule has 0 spiro atoms. The Morgan fingerprint density at radius 3 is 2.69 bits per heavy atom. The number of ether oxygens (including phenoxy) is 1. The Bertz CT molecular complexity index is 945. The predicted molar refractivity (Wildman–Crippen MR) is 105 cm³/mol. The highest BCUT2D eigenvalue weighted by Crippen LogP contribution is 2.35. The molecule has 0 saturated carbocycles. The molecule has 1 fully saturated rings. The van der Waals surface area contributed by atoms with Crippen LogP contribution in [-0.2, 0) is 11.3 Å². The van der Waals surface area contributed by atoms with Gasteiger partial charge in [0.25, 0.3) is 0 Å². The van der Waals surface area contributed by atoms with E-state index in [1.165, 1.54) is 22.1 Å². The molecule has 3 heteroatoms. The summed E-state index contributed by atoms with van der Waals surface area (Å²) in [6.07, 6.45) is 5.37. The van der Waals surface area contributed by atoms with Crippen molar-refractivity contribution in [2.45, 2.75) is 25.0 Å². The standard InChI is InChI=1S/C23H22N2O/c1-2-6-17(7-3-1)14-25-19-12-18(13-20(25)16-26-15-19)21-10-11-24-23-9-5-4-8-22(21)23/h1-12,19-20H,13-16H2. The molecule has 26 heavy (non-hydrogen) atoms. The summed E-state index contributed by atoms with van der Waals surface area (Å²) in [5, 5.41) is 1.25. The topological polar surface area (TPSA) is 25.4 Å². The second kappa shape index (κ2) is 6.67. The number of para-hydroxylation sites is 1. The van der Waals surface area contributed by atoms with Gasteiger partial charge in [-0.05, 0) is 35.3 Å². The van der Waals surface area contributed by atoms with Crippen molar-refractivity contribution >= 4 is 16.5 Å². The fourth-order valence-corrected chi connectivity index (χ4v) is 4.28. The zero-order valence-corrected chi connectivity index (χ0v) is 14.7. The van der Waals surface area contributed by atoms with Crippen molar-refractivity contribution in [3.05, 3.63) is 84.1 Å². The minimum absolute atomic E-state index is 0.338. The van der Waals surface area contributed by atoms with Crippen LogP contribution in [0.25, 0.3) is 16.5 Å². The van der Waals surface area contributed by atoms with Crippen molar-refractivity contribution in [1.82, 2.24) is 9.88 Å². The average Bonchev–Trinajstić information content (AvgIpc) is 2.68. The van der Waals surface area contributed by atoms with E-state index in [2.05, 4.69) is 76.6 Å². The third kappa shape index (κ3) is 2.83. The largest absolute Gasteiger partial charge is 0.378 e. The van der Waals surface area contributed by atoms with E-state index in [-0.39, 0.29) is 0 Å². The number of benzene rings is 2. The molecule has 3 heterocycles. The molecule has 2 aliphatic heterocycles. The SMILES string of the molecule is C1=C(c2ccnc3ccccc23)CC2COCC1N2Cc1ccccc1. The Hall–Kier alpha value is -2.49. The van der Waals surface area contributed by atoms with Crippen molar-refractivity contribution < 1.29 is 4.74 Å². The van der Waals surface area contributed by atoms with Gasteiger partial charge in [0.1, 0.15) is 0 Å². The lowest BCUT2D eigenvalue weighted by Crippen LogP contribution is -2.53. The van der Waals surface area contributed by atoms with E-state index in [4.69, 9.17) is 4.74 Å². The number of aromatic nitrogens is 1. The molecule has 0 amide bonds. The number of hydrogen-bond acceptors (Lipinski definition) is 3. The van der Waals surface area contributed by atoms with Crippen LogP contribution in [0.1, 0.15) is 17.5 Å². The molecular weight excluding hydrogens is 320 g/mol. The van der Waals surface area contributed by atoms with Gasteiger partial charge in [-0.1, -0.05) is 54.6 Å². The van der Waals surface area contributed by atoms with Crippen molar-refractivity contribution in [1.29, 1.82) is 0 Å². The highest BCUT2D eigenvalue weighted by Gasteiger charge is 2.35. The van der Waals surface area contributed by atoms with Crippen molar-refractivity contribution in [2.75, 3.05) is 13.2 Å². The summed E-state index contributed by atoms with van der Waals surface area (Å²) in [6.45, 7) is 2.57. The molecule has 0 radical (unpaired) electrons. The van der Waals surface area contributed by atoms with Gasteiger partial charge >= 0.3 is 0 Å². The zero-order chi connectivity index (χ0) is 17.3. The van der Waals surface area contributed by atoms with Crippen LogP contribution < -0.4 is 0 Å². The molecule has 2 aliphatic rings. The average molecular weight is 342 g/mol. The summed E-state index contributed by atoms with van der Waals surface area (Å²) in [5.41, 5.74) is 5.20. The van der Waals surface area contributed by atoms with Gasteiger partial charge in [-0.2, -0.15) is 0 Å². The van der Waals surface area contributed by atoms with Gasteiger partial charge in [0.15, 0.2) is 0 Å². The Morgan fingerprint density at radius 2 is 1.81 bits per heavy atom. The molecule has 2 unspecified atom stereocenters. The van der Waals surface area contributed by atoms with Crippen LogP contribution in [0.2, 0.25) is 0 Å². The number of rotatable bonds is 3. The maximum Gasteiger partial charge on any atom is 0.0708 e. The van der Waals surface area contributed by atoms with E-state index in [1.54, 1.807) is 0 Å². The molecule has 2 aromatic carbocycles. The van der Waals surface area contributed by atoms with Crippen molar-refractivity contribution in [3.8, 4) is 0 Å². The number of pyridine rings is 1. The summed E-state index contributed by atoms with van der Waals surface area (Å²) in [7, 11) is 0. The molecular formula is C23H22N2O. The molecule has 3 aromatic rings. The smallest absolute Gasteiger partial charge is 0.0708 e. The minimum Gasteiger partial charge on any atom is -0.378 e. The monoisotopic (exact) mass is 342 g/mol. The van der Waals surface area contributed by atoms with Crippen LogP contribution in [-0.4, -0.2) is 35.2 Å². The van der Waals surface area contributed by atoms with Crippen LogP contribution in [0.5, 0.6) is 0 Å². The molecule has 2 bridgehead atoms. The molecule has 1 aromatic heterocycles. The Balaban J connectivity index is 1.50. The first-order valence-corrected chi connectivity index (χ1v) is 9.31. The van der Waals surface area contributed by atoms with Gasteiger partial charge in [0.05, 0.1) is 24.8 Å². The second-order valence-electron chi connectivity index (χ2n) is 7.19. The van der Waals surface area contributed by atoms with Crippen LogP contribution in [0, 0.1) is 0 Å². The molecule has 0 N–H and O–H groups in total. The van der Waals surface area contributed by atoms with E-state index in [9.17, 15) is 0 Å². The molecule has 5 rings (SSSR count). The fraction of sp³-hybridized carbons (Fsp3) is 0.261. The van der Waals surface area contributed by atoms with Gasteiger partial charge in [-0.15, -0.1) is 0 Å². The summed E-state index contributed by atoms with van der Waals surface area (Å²) in [6, 6.07) is 22.1. The highest BCUT2D eigenvalue weighted by molar-refractivity contribution is 5.91. The first-order valence-electron chi connectivity index (χ1n) is 9.31. The normalized spacial score (nSPS) is 23.0. The summed E-state index contributed by atoms with van der Waals surface area (Å²) in [5.74, 6) is 0. The lowest BCUT2D eigenvalue weighted by molar-refractivity contribution is -0.0402. The maximum absolute atomic E-state index is 5.88. The van der Waals surface area contributed by atoms with E-state index in [1.807, 2.05) is 6.20 Å². The van der Waals surface area contributed by atoms with Crippen molar-refractivity contribution in [2.24, 2.45) is 0 Å². The Morgan fingerprint density at radius 1 is 0.962 bits per heavy atom. The Kier molecular flexibility index (Phi) is 4.04. The highest BCUT2D eigenvalue weighted by atomic mass is 16.5. The second-order valence-corrected chi connectivity index (χ2v) is 7.19. The quantitative estimate of drug-likeness (QED) is 0.710. The van der Waals surface area contributed by atoms with Gasteiger partial charge in [-0.3, -0.25) is 9.88 Å². The number of nitrogens with zero attached hydrogens (tertiary/aromatic N) is 2. The first-order chi connectivity index (χ1) is 12.9. The maximum atomic E-state index is 5.88. The van der Waals surface area contributed by atoms with Gasteiger partial charge in [0.2, 0.25) is 0 Å². The predicted octanol–water partition coefficient (Wildman–Crippen LogP) is 4.29. The first kappa shape index (κ1) is 15.7. The molecule has 0 aliphatic carbocycles. The number of fused-ring (bicyclic) bond motifs is 3. The molecule has 130 valence electrons. The van der Waals surface area contributed by atoms with E-state index >= 15 is 0 Å².